The summed E-state index contributed by atoms with van der Waals surface area (Å²) < 4.78 is 104. The zero-order valence-corrected chi connectivity index (χ0v) is 15.2. The predicted molar refractivity (Wildman–Crippen MR) is 86.8 cm³/mol. The van der Waals surface area contributed by atoms with Crippen molar-refractivity contribution in [2.45, 2.75) is 12.4 Å². The molecule has 1 amide bonds. The maximum atomic E-state index is 13.2. The van der Waals surface area contributed by atoms with Gasteiger partial charge in [0.2, 0.25) is 5.90 Å². The molecule has 0 aromatic heterocycles. The molecule has 8 nitrogen and oxygen atoms in total. The molecule has 1 heterocycles. The zero-order chi connectivity index (χ0) is 22.5. The molecule has 0 spiro atoms. The molecule has 0 aliphatic carbocycles. The number of hydrogen-bond donors (Lipinski definition) is 3. The van der Waals surface area contributed by atoms with E-state index in [9.17, 15) is 49.8 Å². The molecule has 0 saturated carbocycles. The number of rotatable bonds is 3. The number of phenols is 1. The first-order valence-electron chi connectivity index (χ1n) is 7.26. The molecule has 0 bridgehead atoms. The number of aliphatic hydroxyl groups excluding tert-OH is 1. The minimum atomic E-state index is -5.53. The van der Waals surface area contributed by atoms with Gasteiger partial charge < -0.3 is 20.4 Å². The van der Waals surface area contributed by atoms with E-state index in [1.54, 1.807) is 5.32 Å². The molecule has 29 heavy (non-hydrogen) atoms. The number of carbonyl (C=O) groups is 1. The fraction of sp³-hybridized carbons (Fsp3) is 0.286. The highest BCUT2D eigenvalue weighted by molar-refractivity contribution is 7.94. The van der Waals surface area contributed by atoms with Crippen LogP contribution in [0.15, 0.2) is 27.1 Å². The molecule has 0 unspecified atom stereocenters. The lowest BCUT2D eigenvalue weighted by Crippen LogP contribution is -2.26. The van der Waals surface area contributed by atoms with Gasteiger partial charge >= 0.3 is 12.4 Å². The first-order valence-corrected chi connectivity index (χ1v) is 8.70. The summed E-state index contributed by atoms with van der Waals surface area (Å²) in [6.07, 6.45) is -10.6. The summed E-state index contributed by atoms with van der Waals surface area (Å²) >= 11 is 0. The number of benzene rings is 1. The number of amides is 1. The summed E-state index contributed by atoms with van der Waals surface area (Å²) in [7, 11) is -3.23. The van der Waals surface area contributed by atoms with Crippen molar-refractivity contribution in [1.29, 1.82) is 0 Å². The van der Waals surface area contributed by atoms with Crippen LogP contribution in [-0.2, 0) is 16.2 Å². The van der Waals surface area contributed by atoms with Gasteiger partial charge in [0.05, 0.1) is 16.8 Å². The lowest BCUT2D eigenvalue weighted by atomic mass is 10.0. The van der Waals surface area contributed by atoms with E-state index in [4.69, 9.17) is 0 Å². The summed E-state index contributed by atoms with van der Waals surface area (Å²) in [5.74, 6) is -4.37. The van der Waals surface area contributed by atoms with Crippen molar-refractivity contribution in [2.75, 3.05) is 19.4 Å². The number of hydrogen-bond acceptors (Lipinski definition) is 5. The Hall–Kier alpha value is -2.97. The second-order valence-corrected chi connectivity index (χ2v) is 7.34. The smallest absolute Gasteiger partial charge is 0.431 e. The van der Waals surface area contributed by atoms with Gasteiger partial charge in [0, 0.05) is 14.1 Å². The number of aliphatic hydroxyl groups is 1. The maximum absolute atomic E-state index is 13.2. The Morgan fingerprint density at radius 3 is 2.07 bits per heavy atom. The number of allylic oxidation sites excluding steroid dienone is 1. The zero-order valence-electron chi connectivity index (χ0n) is 14.3. The first-order chi connectivity index (χ1) is 13.0. The first kappa shape index (κ1) is 22.3. The van der Waals surface area contributed by atoms with E-state index >= 15 is 0 Å². The van der Waals surface area contributed by atoms with E-state index in [1.165, 1.54) is 0 Å². The molecule has 3 N–H and O–H groups in total. The minimum absolute atomic E-state index is 0.296. The number of nitrogens with one attached hydrogen (secondary N) is 1. The average Bonchev–Trinajstić information content (AvgIpc) is 2.75. The Bertz CT molecular complexity index is 1040. The number of halogens is 6. The Kier molecular flexibility index (Phi) is 5.25. The lowest BCUT2D eigenvalue weighted by Gasteiger charge is -2.20. The van der Waals surface area contributed by atoms with E-state index in [-0.39, 0.29) is 0 Å². The molecule has 2 rings (SSSR count). The summed E-state index contributed by atoms with van der Waals surface area (Å²) in [4.78, 5) is 10.4. The Morgan fingerprint density at radius 2 is 1.62 bits per heavy atom. The number of carbonyl (C=O) groups excluding carboxylic acids is 1. The summed E-state index contributed by atoms with van der Waals surface area (Å²) in [5.41, 5.74) is -5.30. The summed E-state index contributed by atoms with van der Waals surface area (Å²) in [5, 5.41) is 21.3. The molecule has 0 saturated heterocycles. The monoisotopic (exact) mass is 447 g/mol. The average molecular weight is 447 g/mol. The topological polar surface area (TPSA) is 119 Å². The van der Waals surface area contributed by atoms with Gasteiger partial charge in [-0.3, -0.25) is 4.79 Å². The van der Waals surface area contributed by atoms with Gasteiger partial charge in [-0.2, -0.15) is 34.8 Å². The molecule has 1 aliphatic heterocycles. The van der Waals surface area contributed by atoms with Crippen LogP contribution in [0.4, 0.5) is 32.0 Å². The lowest BCUT2D eigenvalue weighted by molar-refractivity contribution is -0.138. The summed E-state index contributed by atoms with van der Waals surface area (Å²) in [6, 6.07) is 0.758. The molecule has 15 heteroatoms. The normalized spacial score (nSPS) is 16.6. The number of aromatic hydroxyl groups is 1. The highest BCUT2D eigenvalue weighted by Crippen LogP contribution is 2.42. The molecule has 0 fully saturated rings. The van der Waals surface area contributed by atoms with Crippen LogP contribution in [0.3, 0.4) is 0 Å². The molecule has 0 radical (unpaired) electrons. The van der Waals surface area contributed by atoms with Crippen LogP contribution in [0, 0.1) is 0 Å². The SMILES string of the molecule is CN(C)C(=O)c1c(C(F)(F)F)ccc(NC2=C(C(F)(F)F)S(=O)(=O)N=C2O)c1O. The molecule has 1 aliphatic rings. The number of nitrogens with zero attached hydrogens (tertiary/aromatic N) is 2. The van der Waals surface area contributed by atoms with Gasteiger partial charge in [-0.1, -0.05) is 0 Å². The van der Waals surface area contributed by atoms with Crippen LogP contribution < -0.4 is 5.32 Å². The third-order valence-corrected chi connectivity index (χ3v) is 4.90. The molecule has 1 aromatic rings. The van der Waals surface area contributed by atoms with Crippen molar-refractivity contribution in [3.05, 3.63) is 33.9 Å². The number of phenolic OH excluding ortho intramolecular Hbond substituents is 1. The largest absolute Gasteiger partial charge is 0.505 e. The van der Waals surface area contributed by atoms with Crippen LogP contribution in [0.5, 0.6) is 5.75 Å². The highest BCUT2D eigenvalue weighted by Gasteiger charge is 2.50. The third kappa shape index (κ3) is 4.08. The van der Waals surface area contributed by atoms with E-state index in [0.29, 0.717) is 17.0 Å². The molecular formula is C14H11F6N3O5S. The van der Waals surface area contributed by atoms with Gasteiger partial charge in [0.15, 0.2) is 10.7 Å². The van der Waals surface area contributed by atoms with Crippen LogP contribution >= 0.6 is 0 Å². The fourth-order valence-electron chi connectivity index (χ4n) is 2.34. The van der Waals surface area contributed by atoms with Crippen molar-refractivity contribution < 1.29 is 49.8 Å². The van der Waals surface area contributed by atoms with Crippen LogP contribution in [0.25, 0.3) is 0 Å². The second kappa shape index (κ2) is 6.82. The summed E-state index contributed by atoms with van der Waals surface area (Å²) in [6.45, 7) is 0. The van der Waals surface area contributed by atoms with Crippen LogP contribution in [0.1, 0.15) is 15.9 Å². The predicted octanol–water partition coefficient (Wildman–Crippen LogP) is 2.60. The molecule has 160 valence electrons. The van der Waals surface area contributed by atoms with Gasteiger partial charge in [-0.05, 0) is 12.1 Å². The standard InChI is InChI=1S/C14H11F6N3O5S/c1-23(2)12(26)7-5(13(15,16)17)3-4-6(9(7)24)21-8-10(14(18,19)20)29(27,28)22-11(8)25/h3-4,21,24H,1-2H3,(H,22,25). The number of anilines is 1. The van der Waals surface area contributed by atoms with Crippen LogP contribution in [0.2, 0.25) is 0 Å². The number of alkyl halides is 6. The van der Waals surface area contributed by atoms with E-state index in [1.807, 2.05) is 0 Å². The van der Waals surface area contributed by atoms with Crippen molar-refractivity contribution >= 4 is 27.5 Å². The fourth-order valence-corrected chi connectivity index (χ4v) is 3.44. The second-order valence-electron chi connectivity index (χ2n) is 5.80. The Labute approximate surface area is 158 Å². The maximum Gasteiger partial charge on any atom is 0.431 e. The van der Waals surface area contributed by atoms with E-state index in [2.05, 4.69) is 4.40 Å². The molecular weight excluding hydrogens is 436 g/mol. The number of sulfonamides is 1. The van der Waals surface area contributed by atoms with E-state index < -0.39 is 67.3 Å². The van der Waals surface area contributed by atoms with Gasteiger partial charge in [0.1, 0.15) is 5.70 Å². The van der Waals surface area contributed by atoms with Gasteiger partial charge in [0.25, 0.3) is 15.9 Å². The Balaban J connectivity index is 2.73. The van der Waals surface area contributed by atoms with Crippen molar-refractivity contribution in [3.8, 4) is 5.75 Å². The van der Waals surface area contributed by atoms with Crippen molar-refractivity contribution in [2.24, 2.45) is 4.40 Å². The van der Waals surface area contributed by atoms with Gasteiger partial charge in [-0.15, -0.1) is 4.40 Å². The van der Waals surface area contributed by atoms with Crippen LogP contribution in [-0.4, -0.2) is 55.6 Å². The quantitative estimate of drug-likeness (QED) is 0.484. The van der Waals surface area contributed by atoms with Crippen molar-refractivity contribution in [3.63, 3.8) is 0 Å². The Morgan fingerprint density at radius 1 is 1.07 bits per heavy atom. The highest BCUT2D eigenvalue weighted by atomic mass is 32.2. The molecule has 0 atom stereocenters. The molecule has 1 aromatic carbocycles. The minimum Gasteiger partial charge on any atom is -0.505 e. The van der Waals surface area contributed by atoms with Gasteiger partial charge in [-0.25, -0.2) is 0 Å². The third-order valence-electron chi connectivity index (χ3n) is 3.54. The van der Waals surface area contributed by atoms with E-state index in [0.717, 1.165) is 14.1 Å². The van der Waals surface area contributed by atoms with Crippen molar-refractivity contribution in [1.82, 2.24) is 4.90 Å².